The molecule has 4 rings (SSSR count). The number of thiazole rings is 1. The van der Waals surface area contributed by atoms with E-state index in [1.807, 2.05) is 6.07 Å². The average molecular weight is 498 g/mol. The average Bonchev–Trinajstić information content (AvgIpc) is 3.36. The lowest BCUT2D eigenvalue weighted by molar-refractivity contribution is -0.115. The van der Waals surface area contributed by atoms with Crippen molar-refractivity contribution < 1.29 is 13.2 Å². The molecule has 1 aromatic heterocycles. The maximum Gasteiger partial charge on any atom is 0.230 e. The van der Waals surface area contributed by atoms with Gasteiger partial charge in [0.15, 0.2) is 15.0 Å². The summed E-state index contributed by atoms with van der Waals surface area (Å²) in [4.78, 5) is 21.4. The molecule has 2 aromatic carbocycles. The third-order valence-electron chi connectivity index (χ3n) is 6.38. The summed E-state index contributed by atoms with van der Waals surface area (Å²) in [6.45, 7) is 9.10. The minimum Gasteiger partial charge on any atom is -0.302 e. The number of rotatable bonds is 8. The maximum atomic E-state index is 12.6. The number of carbonyl (C=O) groups is 1. The highest BCUT2D eigenvalue weighted by Crippen LogP contribution is 2.46. The number of benzene rings is 2. The summed E-state index contributed by atoms with van der Waals surface area (Å²) >= 11 is 1.54. The van der Waals surface area contributed by atoms with Gasteiger partial charge in [-0.15, -0.1) is 11.3 Å². The molecule has 2 heterocycles. The molecule has 1 unspecified atom stereocenters. The van der Waals surface area contributed by atoms with E-state index in [9.17, 15) is 13.2 Å². The van der Waals surface area contributed by atoms with Crippen LogP contribution in [0.1, 0.15) is 61.5 Å². The second kappa shape index (κ2) is 9.98. The van der Waals surface area contributed by atoms with Crippen molar-refractivity contribution in [3.05, 3.63) is 76.3 Å². The number of nitrogens with one attached hydrogen (secondary N) is 1. The Hall–Kier alpha value is -2.55. The van der Waals surface area contributed by atoms with Crippen molar-refractivity contribution in [1.82, 2.24) is 9.88 Å². The lowest BCUT2D eigenvalue weighted by atomic mass is 9.98. The minimum atomic E-state index is -3.24. The topological polar surface area (TPSA) is 79.4 Å². The number of amides is 1. The molecule has 0 aliphatic carbocycles. The molecule has 0 spiro atoms. The first-order valence-electron chi connectivity index (χ1n) is 11.6. The van der Waals surface area contributed by atoms with Crippen LogP contribution in [-0.4, -0.2) is 30.0 Å². The van der Waals surface area contributed by atoms with Crippen molar-refractivity contribution >= 4 is 32.2 Å². The van der Waals surface area contributed by atoms with Gasteiger partial charge in [-0.25, -0.2) is 13.4 Å². The number of carbonyl (C=O) groups excluding carboxylic acids is 1. The molecule has 180 valence electrons. The van der Waals surface area contributed by atoms with Crippen molar-refractivity contribution in [2.75, 3.05) is 11.1 Å². The normalized spacial score (nSPS) is 17.0. The van der Waals surface area contributed by atoms with E-state index in [4.69, 9.17) is 4.98 Å². The second-order valence-corrected chi connectivity index (χ2v) is 12.4. The molecule has 0 saturated heterocycles. The van der Waals surface area contributed by atoms with Crippen LogP contribution in [0, 0.1) is 5.92 Å². The maximum absolute atomic E-state index is 12.6. The highest BCUT2D eigenvalue weighted by molar-refractivity contribution is 7.91. The van der Waals surface area contributed by atoms with Crippen molar-refractivity contribution in [3.63, 3.8) is 0 Å². The van der Waals surface area contributed by atoms with Gasteiger partial charge in [0.1, 0.15) is 0 Å². The molecule has 0 radical (unpaired) electrons. The van der Waals surface area contributed by atoms with E-state index in [0.717, 1.165) is 17.8 Å². The van der Waals surface area contributed by atoms with Crippen LogP contribution in [0.3, 0.4) is 0 Å². The Morgan fingerprint density at radius 3 is 2.41 bits per heavy atom. The lowest BCUT2D eigenvalue weighted by Crippen LogP contribution is -2.29. The lowest BCUT2D eigenvalue weighted by Gasteiger charge is -2.33. The van der Waals surface area contributed by atoms with Gasteiger partial charge in [0.25, 0.3) is 0 Å². The van der Waals surface area contributed by atoms with E-state index in [1.165, 1.54) is 10.4 Å². The van der Waals surface area contributed by atoms with Crippen LogP contribution in [0.25, 0.3) is 0 Å². The zero-order chi connectivity index (χ0) is 24.5. The molecular formula is C26H31N3O3S2. The van der Waals surface area contributed by atoms with Crippen LogP contribution in [-0.2, 0) is 27.6 Å². The summed E-state index contributed by atoms with van der Waals surface area (Å²) in [5.41, 5.74) is 3.11. The van der Waals surface area contributed by atoms with Crippen molar-refractivity contribution in [2.24, 2.45) is 5.92 Å². The largest absolute Gasteiger partial charge is 0.302 e. The number of sulfone groups is 1. The quantitative estimate of drug-likeness (QED) is 0.451. The molecule has 0 fully saturated rings. The zero-order valence-electron chi connectivity index (χ0n) is 20.0. The third kappa shape index (κ3) is 5.09. The standard InChI is InChI=1S/C26H31N3O3S2/c1-5-34(31,32)21-13-11-19(12-14-21)15-23(30)27-26-28-24-22(33-26)16-29(25(24)17(2)3)18(4)20-9-7-6-8-10-20/h6-14,17-18,25H,5,15-16H2,1-4H3,(H,27,28,30)/t18-,25?/m0/s1. The van der Waals surface area contributed by atoms with E-state index in [2.05, 4.69) is 55.3 Å². The van der Waals surface area contributed by atoms with Gasteiger partial charge in [0.05, 0.1) is 28.8 Å². The Kier molecular flexibility index (Phi) is 7.21. The first-order valence-corrected chi connectivity index (χ1v) is 14.1. The monoisotopic (exact) mass is 497 g/mol. The number of fused-ring (bicyclic) bond motifs is 1. The number of hydrogen-bond acceptors (Lipinski definition) is 6. The van der Waals surface area contributed by atoms with E-state index in [0.29, 0.717) is 11.0 Å². The van der Waals surface area contributed by atoms with Crippen LogP contribution in [0.5, 0.6) is 0 Å². The van der Waals surface area contributed by atoms with E-state index >= 15 is 0 Å². The van der Waals surface area contributed by atoms with Crippen molar-refractivity contribution in [1.29, 1.82) is 0 Å². The van der Waals surface area contributed by atoms with E-state index in [-0.39, 0.29) is 35.1 Å². The summed E-state index contributed by atoms with van der Waals surface area (Å²) in [5.74, 6) is 0.283. The fraction of sp³-hybridized carbons (Fsp3) is 0.385. The minimum absolute atomic E-state index is 0.0560. The Bertz CT molecular complexity index is 1250. The van der Waals surface area contributed by atoms with Crippen molar-refractivity contribution in [3.8, 4) is 0 Å². The number of hydrogen-bond donors (Lipinski definition) is 1. The number of nitrogens with zero attached hydrogens (tertiary/aromatic N) is 2. The summed E-state index contributed by atoms with van der Waals surface area (Å²) in [7, 11) is -3.24. The third-order valence-corrected chi connectivity index (χ3v) is 9.10. The Morgan fingerprint density at radius 2 is 1.79 bits per heavy atom. The van der Waals surface area contributed by atoms with Gasteiger partial charge in [-0.1, -0.05) is 63.2 Å². The fourth-order valence-corrected chi connectivity index (χ4v) is 6.42. The van der Waals surface area contributed by atoms with Crippen LogP contribution in [0.2, 0.25) is 0 Å². The number of anilines is 1. The molecular weight excluding hydrogens is 466 g/mol. The molecule has 6 nitrogen and oxygen atoms in total. The summed E-state index contributed by atoms with van der Waals surface area (Å²) in [6, 6.07) is 17.5. The highest BCUT2D eigenvalue weighted by atomic mass is 32.2. The van der Waals surface area contributed by atoms with Crippen LogP contribution >= 0.6 is 11.3 Å². The first-order chi connectivity index (χ1) is 16.2. The van der Waals surface area contributed by atoms with E-state index < -0.39 is 9.84 Å². The predicted octanol–water partition coefficient (Wildman–Crippen LogP) is 5.39. The molecule has 0 saturated carbocycles. The molecule has 8 heteroatoms. The Balaban J connectivity index is 1.44. The molecule has 1 aliphatic heterocycles. The van der Waals surface area contributed by atoms with Gasteiger partial charge in [-0.2, -0.15) is 0 Å². The molecule has 0 bridgehead atoms. The molecule has 1 N–H and O–H groups in total. The predicted molar refractivity (Wildman–Crippen MR) is 137 cm³/mol. The molecule has 34 heavy (non-hydrogen) atoms. The van der Waals surface area contributed by atoms with E-state index in [1.54, 1.807) is 42.5 Å². The fourth-order valence-electron chi connectivity index (χ4n) is 4.51. The van der Waals surface area contributed by atoms with Gasteiger partial charge in [0, 0.05) is 17.5 Å². The van der Waals surface area contributed by atoms with Crippen molar-refractivity contribution in [2.45, 2.75) is 57.6 Å². The smallest absolute Gasteiger partial charge is 0.230 e. The Morgan fingerprint density at radius 1 is 1.12 bits per heavy atom. The van der Waals surface area contributed by atoms with Gasteiger partial charge < -0.3 is 5.32 Å². The van der Waals surface area contributed by atoms with Crippen LogP contribution < -0.4 is 5.32 Å². The van der Waals surface area contributed by atoms with Crippen LogP contribution in [0.4, 0.5) is 5.13 Å². The highest BCUT2D eigenvalue weighted by Gasteiger charge is 2.38. The Labute approximate surface area is 206 Å². The zero-order valence-corrected chi connectivity index (χ0v) is 21.6. The molecule has 2 atom stereocenters. The summed E-state index contributed by atoms with van der Waals surface area (Å²) in [6.07, 6.45) is 0.168. The van der Waals surface area contributed by atoms with Gasteiger partial charge in [-0.3, -0.25) is 9.69 Å². The molecule has 3 aromatic rings. The number of aromatic nitrogens is 1. The summed E-state index contributed by atoms with van der Waals surface area (Å²) < 4.78 is 23.9. The summed E-state index contributed by atoms with van der Waals surface area (Å²) in [5, 5.41) is 3.57. The molecule has 1 amide bonds. The van der Waals surface area contributed by atoms with Gasteiger partial charge in [-0.05, 0) is 36.1 Å². The first kappa shape index (κ1) is 24.6. The SMILES string of the molecule is CCS(=O)(=O)c1ccc(CC(=O)Nc2nc3c(s2)CN([C@@H](C)c2ccccc2)C3C(C)C)cc1. The second-order valence-electron chi connectivity index (χ2n) is 9.05. The molecule has 1 aliphatic rings. The van der Waals surface area contributed by atoms with Gasteiger partial charge in [0.2, 0.25) is 5.91 Å². The van der Waals surface area contributed by atoms with Crippen LogP contribution in [0.15, 0.2) is 59.5 Å². The van der Waals surface area contributed by atoms with Gasteiger partial charge >= 0.3 is 0 Å².